The van der Waals surface area contributed by atoms with E-state index in [4.69, 9.17) is 0 Å². The highest BCUT2D eigenvalue weighted by molar-refractivity contribution is 5.98. The summed E-state index contributed by atoms with van der Waals surface area (Å²) >= 11 is 0. The Morgan fingerprint density at radius 2 is 1.61 bits per heavy atom. The number of carbonyl (C=O) groups is 1. The fraction of sp³-hybridized carbons (Fsp3) is 0.0870. The summed E-state index contributed by atoms with van der Waals surface area (Å²) in [4.78, 5) is 21.0. The van der Waals surface area contributed by atoms with Gasteiger partial charge in [-0.3, -0.25) is 14.8 Å². The molecule has 2 aromatic heterocycles. The van der Waals surface area contributed by atoms with Crippen LogP contribution in [0.4, 0.5) is 17.6 Å². The first-order valence-corrected chi connectivity index (χ1v) is 9.26. The van der Waals surface area contributed by atoms with Crippen LogP contribution in [-0.4, -0.2) is 15.9 Å². The summed E-state index contributed by atoms with van der Waals surface area (Å²) in [6, 6.07) is 14.1. The van der Waals surface area contributed by atoms with E-state index in [2.05, 4.69) is 15.3 Å². The zero-order valence-corrected chi connectivity index (χ0v) is 15.9. The molecule has 1 unspecified atom stereocenters. The van der Waals surface area contributed by atoms with Crippen molar-refractivity contribution in [3.8, 4) is 0 Å². The highest BCUT2D eigenvalue weighted by Gasteiger charge is 2.37. The van der Waals surface area contributed by atoms with Crippen molar-refractivity contribution in [3.63, 3.8) is 0 Å². The molecule has 0 aliphatic heterocycles. The molecule has 0 aliphatic rings. The van der Waals surface area contributed by atoms with E-state index < -0.39 is 29.5 Å². The molecule has 0 saturated carbocycles. The second kappa shape index (κ2) is 8.14. The van der Waals surface area contributed by atoms with Gasteiger partial charge in [0.05, 0.1) is 22.8 Å². The molecule has 2 heterocycles. The Morgan fingerprint density at radius 3 is 2.35 bits per heavy atom. The van der Waals surface area contributed by atoms with Gasteiger partial charge in [-0.15, -0.1) is 0 Å². The lowest BCUT2D eigenvalue weighted by atomic mass is 9.98. The van der Waals surface area contributed by atoms with Crippen molar-refractivity contribution in [2.45, 2.75) is 12.2 Å². The summed E-state index contributed by atoms with van der Waals surface area (Å²) in [6.45, 7) is 0. The third-order valence-electron chi connectivity index (χ3n) is 4.76. The van der Waals surface area contributed by atoms with Crippen LogP contribution in [-0.2, 0) is 6.18 Å². The van der Waals surface area contributed by atoms with E-state index in [1.807, 2.05) is 6.07 Å². The minimum atomic E-state index is -4.68. The van der Waals surface area contributed by atoms with Gasteiger partial charge in [-0.25, -0.2) is 4.39 Å². The maximum atomic E-state index is 13.6. The Morgan fingerprint density at radius 1 is 0.903 bits per heavy atom. The van der Waals surface area contributed by atoms with E-state index in [9.17, 15) is 22.4 Å². The van der Waals surface area contributed by atoms with E-state index in [1.54, 1.807) is 30.5 Å². The molecule has 0 spiro atoms. The number of aromatic nitrogens is 2. The van der Waals surface area contributed by atoms with Gasteiger partial charge in [0, 0.05) is 23.3 Å². The molecule has 0 bridgehead atoms. The number of nitrogens with one attached hydrogen (secondary N) is 1. The maximum absolute atomic E-state index is 13.6. The van der Waals surface area contributed by atoms with Crippen molar-refractivity contribution in [2.75, 3.05) is 0 Å². The Bertz CT molecular complexity index is 1240. The monoisotopic (exact) mass is 425 g/mol. The second-order valence-corrected chi connectivity index (χ2v) is 6.80. The van der Waals surface area contributed by atoms with Gasteiger partial charge in [-0.2, -0.15) is 13.2 Å². The number of hydrogen-bond donors (Lipinski definition) is 1. The number of halogens is 4. The first-order chi connectivity index (χ1) is 14.8. The number of rotatable bonds is 4. The number of nitrogens with zero attached hydrogens (tertiary/aromatic N) is 2. The minimum Gasteiger partial charge on any atom is -0.340 e. The highest BCUT2D eigenvalue weighted by Crippen LogP contribution is 2.35. The Balaban J connectivity index is 1.76. The summed E-state index contributed by atoms with van der Waals surface area (Å²) in [5.74, 6) is -1.16. The molecule has 4 nitrogen and oxygen atoms in total. The van der Waals surface area contributed by atoms with Gasteiger partial charge < -0.3 is 5.32 Å². The number of fused-ring (bicyclic) bond motifs is 1. The fourth-order valence-corrected chi connectivity index (χ4v) is 3.27. The fourth-order valence-electron chi connectivity index (χ4n) is 3.27. The standard InChI is InChI=1S/C23H15F4N3O/c24-17-9-7-15(8-10-17)20(21-18(23(25,26)27)4-2-12-29-21)30-22(31)16-6-5-14-3-1-11-28-19(14)13-16/h1-13,20H,(H,30,31). The zero-order chi connectivity index (χ0) is 22.0. The van der Waals surface area contributed by atoms with Crippen LogP contribution < -0.4 is 5.32 Å². The molecular weight excluding hydrogens is 410 g/mol. The van der Waals surface area contributed by atoms with Crippen LogP contribution in [0.25, 0.3) is 10.9 Å². The normalized spacial score (nSPS) is 12.5. The summed E-state index contributed by atoms with van der Waals surface area (Å²) < 4.78 is 54.2. The number of benzene rings is 2. The number of carbonyl (C=O) groups excluding carboxylic acids is 1. The zero-order valence-electron chi connectivity index (χ0n) is 15.9. The van der Waals surface area contributed by atoms with Crippen molar-refractivity contribution >= 4 is 16.8 Å². The Labute approximate surface area is 174 Å². The minimum absolute atomic E-state index is 0.225. The molecule has 0 saturated heterocycles. The number of pyridine rings is 2. The van der Waals surface area contributed by atoms with Crippen molar-refractivity contribution in [1.82, 2.24) is 15.3 Å². The first-order valence-electron chi connectivity index (χ1n) is 9.26. The van der Waals surface area contributed by atoms with Gasteiger partial charge in [0.15, 0.2) is 0 Å². The van der Waals surface area contributed by atoms with Gasteiger partial charge in [-0.05, 0) is 48.0 Å². The molecule has 31 heavy (non-hydrogen) atoms. The average molecular weight is 425 g/mol. The van der Waals surface area contributed by atoms with Crippen LogP contribution in [0, 0.1) is 5.82 Å². The SMILES string of the molecule is O=C(NC(c1ccc(F)cc1)c1ncccc1C(F)(F)F)c1ccc2cccnc2c1. The van der Waals surface area contributed by atoms with Gasteiger partial charge in [-0.1, -0.05) is 24.3 Å². The van der Waals surface area contributed by atoms with E-state index in [-0.39, 0.29) is 16.8 Å². The van der Waals surface area contributed by atoms with Gasteiger partial charge >= 0.3 is 6.18 Å². The summed E-state index contributed by atoms with van der Waals surface area (Å²) in [5, 5.41) is 3.43. The van der Waals surface area contributed by atoms with Crippen molar-refractivity contribution < 1.29 is 22.4 Å². The van der Waals surface area contributed by atoms with Crippen LogP contribution in [0.1, 0.15) is 33.2 Å². The number of amides is 1. The van der Waals surface area contributed by atoms with Crippen molar-refractivity contribution in [3.05, 3.63) is 107 Å². The Hall–Kier alpha value is -3.81. The van der Waals surface area contributed by atoms with E-state index >= 15 is 0 Å². The van der Waals surface area contributed by atoms with Crippen LogP contribution in [0.5, 0.6) is 0 Å². The van der Waals surface area contributed by atoms with E-state index in [0.717, 1.165) is 23.6 Å². The van der Waals surface area contributed by atoms with E-state index in [0.29, 0.717) is 5.52 Å². The average Bonchev–Trinajstić information content (AvgIpc) is 2.77. The molecule has 8 heteroatoms. The molecule has 0 radical (unpaired) electrons. The Kier molecular flexibility index (Phi) is 5.37. The van der Waals surface area contributed by atoms with Crippen LogP contribution in [0.3, 0.4) is 0 Å². The summed E-state index contributed by atoms with van der Waals surface area (Å²) in [6.07, 6.45) is -1.89. The summed E-state index contributed by atoms with van der Waals surface area (Å²) in [5.41, 5.74) is -0.304. The predicted molar refractivity (Wildman–Crippen MR) is 107 cm³/mol. The predicted octanol–water partition coefficient (Wildman–Crippen LogP) is 5.31. The van der Waals surface area contributed by atoms with Crippen LogP contribution >= 0.6 is 0 Å². The third-order valence-corrected chi connectivity index (χ3v) is 4.76. The third kappa shape index (κ3) is 4.37. The maximum Gasteiger partial charge on any atom is 0.418 e. The van der Waals surface area contributed by atoms with Gasteiger partial charge in [0.25, 0.3) is 5.91 Å². The van der Waals surface area contributed by atoms with E-state index in [1.165, 1.54) is 24.4 Å². The molecule has 156 valence electrons. The molecule has 4 aromatic rings. The lowest BCUT2D eigenvalue weighted by Crippen LogP contribution is -2.31. The largest absolute Gasteiger partial charge is 0.418 e. The van der Waals surface area contributed by atoms with Crippen LogP contribution in [0.2, 0.25) is 0 Å². The lowest BCUT2D eigenvalue weighted by Gasteiger charge is -2.22. The second-order valence-electron chi connectivity index (χ2n) is 6.80. The number of alkyl halides is 3. The van der Waals surface area contributed by atoms with Gasteiger partial charge in [0.2, 0.25) is 0 Å². The van der Waals surface area contributed by atoms with Crippen molar-refractivity contribution in [1.29, 1.82) is 0 Å². The quantitative estimate of drug-likeness (QED) is 0.451. The number of hydrogen-bond acceptors (Lipinski definition) is 3. The van der Waals surface area contributed by atoms with Gasteiger partial charge in [0.1, 0.15) is 5.82 Å². The molecule has 2 aromatic carbocycles. The molecule has 1 amide bonds. The molecule has 1 N–H and O–H groups in total. The van der Waals surface area contributed by atoms with Crippen LogP contribution in [0.15, 0.2) is 79.1 Å². The molecule has 0 aliphatic carbocycles. The summed E-state index contributed by atoms with van der Waals surface area (Å²) in [7, 11) is 0. The molecule has 0 fully saturated rings. The topological polar surface area (TPSA) is 54.9 Å². The highest BCUT2D eigenvalue weighted by atomic mass is 19.4. The molecular formula is C23H15F4N3O. The smallest absolute Gasteiger partial charge is 0.340 e. The lowest BCUT2D eigenvalue weighted by molar-refractivity contribution is -0.138. The van der Waals surface area contributed by atoms with Crippen molar-refractivity contribution in [2.24, 2.45) is 0 Å². The molecule has 4 rings (SSSR count). The first kappa shape index (κ1) is 20.5. The molecule has 1 atom stereocenters.